The molecule has 0 aromatic rings. The zero-order chi connectivity index (χ0) is 15.4. The van der Waals surface area contributed by atoms with E-state index in [9.17, 15) is 14.4 Å². The summed E-state index contributed by atoms with van der Waals surface area (Å²) in [6, 6.07) is -1.06. The van der Waals surface area contributed by atoms with Crippen LogP contribution in [0.3, 0.4) is 0 Å². The van der Waals surface area contributed by atoms with Crippen molar-refractivity contribution in [1.82, 2.24) is 10.2 Å². The Morgan fingerprint density at radius 1 is 1.29 bits per heavy atom. The van der Waals surface area contributed by atoms with Crippen LogP contribution >= 0.6 is 0 Å². The number of piperidine rings is 1. The van der Waals surface area contributed by atoms with Gasteiger partial charge >= 0.3 is 5.97 Å². The Morgan fingerprint density at radius 2 is 2.00 bits per heavy atom. The van der Waals surface area contributed by atoms with E-state index in [4.69, 9.17) is 11.5 Å². The fourth-order valence-corrected chi connectivity index (χ4v) is 2.59. The van der Waals surface area contributed by atoms with Gasteiger partial charge in [0, 0.05) is 25.4 Å². The van der Waals surface area contributed by atoms with Crippen LogP contribution in [-0.2, 0) is 14.4 Å². The minimum absolute atomic E-state index is 0.0431. The highest BCUT2D eigenvalue weighted by Gasteiger charge is 2.37. The van der Waals surface area contributed by atoms with Crippen molar-refractivity contribution in [3.63, 3.8) is 0 Å². The molecule has 2 unspecified atom stereocenters. The van der Waals surface area contributed by atoms with Gasteiger partial charge in [-0.15, -0.1) is 12.3 Å². The maximum atomic E-state index is 12.2. The number of likely N-dealkylation sites (tertiary alicyclic amines) is 1. The van der Waals surface area contributed by atoms with Gasteiger partial charge in [0.25, 0.3) is 0 Å². The molecule has 1 aliphatic carbocycles. The molecule has 1 aliphatic heterocycles. The van der Waals surface area contributed by atoms with E-state index in [0.717, 1.165) is 19.3 Å². The third-order valence-electron chi connectivity index (χ3n) is 3.97. The number of hydrogen-bond donors (Lipinski definition) is 2. The maximum Gasteiger partial charge on any atom is 0.327 e. The molecular formula is C15H20N2O4. The van der Waals surface area contributed by atoms with Gasteiger partial charge in [-0.05, 0) is 25.7 Å². The highest BCUT2D eigenvalue weighted by Crippen LogP contribution is 2.32. The van der Waals surface area contributed by atoms with Gasteiger partial charge in [0.1, 0.15) is 6.04 Å². The van der Waals surface area contributed by atoms with Crippen molar-refractivity contribution >= 4 is 17.8 Å². The van der Waals surface area contributed by atoms with E-state index >= 15 is 0 Å². The summed E-state index contributed by atoms with van der Waals surface area (Å²) in [6.45, 7) is 1.06. The van der Waals surface area contributed by atoms with Crippen LogP contribution in [0.5, 0.6) is 0 Å². The first kappa shape index (κ1) is 15.4. The average molecular weight is 292 g/mol. The quantitative estimate of drug-likeness (QED) is 0.710. The third kappa shape index (κ3) is 3.97. The Hall–Kier alpha value is -2.03. The number of amides is 2. The first-order valence-corrected chi connectivity index (χ1v) is 7.28. The van der Waals surface area contributed by atoms with Crippen LogP contribution in [0.2, 0.25) is 0 Å². The molecule has 1 heterocycles. The molecule has 2 amide bonds. The summed E-state index contributed by atoms with van der Waals surface area (Å²) in [5, 5.41) is 11.5. The van der Waals surface area contributed by atoms with Crippen molar-refractivity contribution in [2.45, 2.75) is 38.1 Å². The molecule has 0 bridgehead atoms. The molecule has 6 heteroatoms. The van der Waals surface area contributed by atoms with Gasteiger partial charge in [-0.1, -0.05) is 0 Å². The van der Waals surface area contributed by atoms with Crippen LogP contribution in [0.1, 0.15) is 32.1 Å². The molecule has 1 saturated carbocycles. The Labute approximate surface area is 123 Å². The number of nitrogens with one attached hydrogen (secondary N) is 1. The summed E-state index contributed by atoms with van der Waals surface area (Å²) in [7, 11) is 0. The van der Waals surface area contributed by atoms with Gasteiger partial charge in [-0.3, -0.25) is 9.59 Å². The summed E-state index contributed by atoms with van der Waals surface area (Å²) >= 11 is 0. The van der Waals surface area contributed by atoms with Crippen LogP contribution in [0.4, 0.5) is 0 Å². The predicted octanol–water partition coefficient (Wildman–Crippen LogP) is 0.228. The summed E-state index contributed by atoms with van der Waals surface area (Å²) in [4.78, 5) is 36.9. The Morgan fingerprint density at radius 3 is 2.57 bits per heavy atom. The fraction of sp³-hybridized carbons (Fsp3) is 0.667. The van der Waals surface area contributed by atoms with Crippen LogP contribution in [0.15, 0.2) is 0 Å². The summed E-state index contributed by atoms with van der Waals surface area (Å²) in [5.41, 5.74) is 0. The predicted molar refractivity (Wildman–Crippen MR) is 75.0 cm³/mol. The maximum absolute atomic E-state index is 12.2. The van der Waals surface area contributed by atoms with E-state index in [1.165, 1.54) is 0 Å². The normalized spacial score (nSPS) is 23.0. The van der Waals surface area contributed by atoms with Gasteiger partial charge in [-0.25, -0.2) is 4.79 Å². The van der Waals surface area contributed by atoms with Crippen LogP contribution in [0, 0.1) is 24.2 Å². The molecule has 1 saturated heterocycles. The van der Waals surface area contributed by atoms with Crippen LogP contribution in [0.25, 0.3) is 0 Å². The highest BCUT2D eigenvalue weighted by molar-refractivity contribution is 5.86. The number of rotatable bonds is 5. The smallest absolute Gasteiger partial charge is 0.327 e. The van der Waals surface area contributed by atoms with E-state index in [2.05, 4.69) is 11.2 Å². The molecule has 0 aromatic carbocycles. The molecule has 6 nitrogen and oxygen atoms in total. The Kier molecular flexibility index (Phi) is 4.84. The van der Waals surface area contributed by atoms with Gasteiger partial charge in [-0.2, -0.15) is 0 Å². The SMILES string of the molecule is C#CCC(NC(=O)C1CCCN(C(=O)C2CC2)C1)C(=O)O. The van der Waals surface area contributed by atoms with Crippen LogP contribution < -0.4 is 5.32 Å². The number of terminal acetylenes is 1. The largest absolute Gasteiger partial charge is 0.480 e. The monoisotopic (exact) mass is 292 g/mol. The molecule has 2 aliphatic rings. The van der Waals surface area contributed by atoms with E-state index < -0.39 is 12.0 Å². The van der Waals surface area contributed by atoms with E-state index in [1.54, 1.807) is 4.90 Å². The number of carboxylic acid groups (broad SMARTS) is 1. The molecule has 21 heavy (non-hydrogen) atoms. The number of hydrogen-bond acceptors (Lipinski definition) is 3. The minimum Gasteiger partial charge on any atom is -0.480 e. The minimum atomic E-state index is -1.14. The van der Waals surface area contributed by atoms with Crippen molar-refractivity contribution < 1.29 is 19.5 Å². The lowest BCUT2D eigenvalue weighted by atomic mass is 9.96. The van der Waals surface area contributed by atoms with E-state index in [1.807, 2.05) is 0 Å². The fourth-order valence-electron chi connectivity index (χ4n) is 2.59. The number of carbonyl (C=O) groups excluding carboxylic acids is 2. The van der Waals surface area contributed by atoms with Gasteiger partial charge in [0.15, 0.2) is 0 Å². The number of aliphatic carboxylic acids is 1. The molecule has 2 fully saturated rings. The first-order chi connectivity index (χ1) is 10.0. The molecule has 0 aromatic heterocycles. The number of carboxylic acids is 1. The number of carbonyl (C=O) groups is 3. The van der Waals surface area contributed by atoms with Crippen molar-refractivity contribution in [3.8, 4) is 12.3 Å². The zero-order valence-electron chi connectivity index (χ0n) is 11.9. The first-order valence-electron chi connectivity index (χ1n) is 7.28. The second kappa shape index (κ2) is 6.61. The molecule has 0 radical (unpaired) electrons. The Bertz CT molecular complexity index is 479. The lowest BCUT2D eigenvalue weighted by Gasteiger charge is -2.32. The Balaban J connectivity index is 1.90. The summed E-state index contributed by atoms with van der Waals surface area (Å²) in [5.74, 6) is 0.707. The van der Waals surface area contributed by atoms with Gasteiger partial charge in [0.2, 0.25) is 11.8 Å². The molecule has 2 atom stereocenters. The zero-order valence-corrected chi connectivity index (χ0v) is 11.9. The lowest BCUT2D eigenvalue weighted by Crippen LogP contribution is -2.49. The highest BCUT2D eigenvalue weighted by atomic mass is 16.4. The summed E-state index contributed by atoms with van der Waals surface area (Å²) < 4.78 is 0. The van der Waals surface area contributed by atoms with Crippen molar-refractivity contribution in [2.75, 3.05) is 13.1 Å². The average Bonchev–Trinajstić information content (AvgIpc) is 3.30. The third-order valence-corrected chi connectivity index (χ3v) is 3.97. The molecule has 2 N–H and O–H groups in total. The molecule has 114 valence electrons. The molecular weight excluding hydrogens is 272 g/mol. The van der Waals surface area contributed by atoms with E-state index in [-0.39, 0.29) is 30.1 Å². The second-order valence-electron chi connectivity index (χ2n) is 5.71. The second-order valence-corrected chi connectivity index (χ2v) is 5.71. The lowest BCUT2D eigenvalue weighted by molar-refractivity contribution is -0.143. The van der Waals surface area contributed by atoms with Crippen molar-refractivity contribution in [1.29, 1.82) is 0 Å². The van der Waals surface area contributed by atoms with Crippen molar-refractivity contribution in [3.05, 3.63) is 0 Å². The summed E-state index contributed by atoms with van der Waals surface area (Å²) in [6.07, 6.45) is 8.38. The van der Waals surface area contributed by atoms with Crippen LogP contribution in [-0.4, -0.2) is 46.9 Å². The standard InChI is InChI=1S/C15H20N2O4/c1-2-4-12(15(20)21)16-13(18)11-5-3-8-17(9-11)14(19)10-6-7-10/h1,10-12H,3-9H2,(H,16,18)(H,20,21). The number of nitrogens with zero attached hydrogens (tertiary/aromatic N) is 1. The van der Waals surface area contributed by atoms with Crippen molar-refractivity contribution in [2.24, 2.45) is 11.8 Å². The van der Waals surface area contributed by atoms with Gasteiger partial charge < -0.3 is 15.3 Å². The molecule has 0 spiro atoms. The van der Waals surface area contributed by atoms with E-state index in [0.29, 0.717) is 19.5 Å². The molecule has 2 rings (SSSR count). The topological polar surface area (TPSA) is 86.7 Å². The van der Waals surface area contributed by atoms with Gasteiger partial charge in [0.05, 0.1) is 5.92 Å².